The Kier molecular flexibility index (Phi) is 2.82. The number of rotatable bonds is 3. The lowest BCUT2D eigenvalue weighted by Gasteiger charge is -2.35. The van der Waals surface area contributed by atoms with Gasteiger partial charge in [-0.2, -0.15) is 12.6 Å². The van der Waals surface area contributed by atoms with E-state index < -0.39 is 0 Å². The predicted octanol–water partition coefficient (Wildman–Crippen LogP) is -0.180. The molecule has 0 unspecified atom stereocenters. The van der Waals surface area contributed by atoms with Gasteiger partial charge in [0.1, 0.15) is 0 Å². The molecule has 1 heterocycles. The second kappa shape index (κ2) is 3.44. The van der Waals surface area contributed by atoms with E-state index in [0.717, 1.165) is 31.4 Å². The zero-order chi connectivity index (χ0) is 6.69. The van der Waals surface area contributed by atoms with Crippen molar-refractivity contribution in [3.8, 4) is 0 Å². The van der Waals surface area contributed by atoms with E-state index in [1.165, 1.54) is 0 Å². The quantitative estimate of drug-likeness (QED) is 0.537. The molecule has 1 aliphatic heterocycles. The van der Waals surface area contributed by atoms with E-state index >= 15 is 0 Å². The maximum atomic E-state index is 4.16. The first-order chi connectivity index (χ1) is 4.34. The average Bonchev–Trinajstić information content (AvgIpc) is 1.60. The normalized spacial score (nSPS) is 20.3. The van der Waals surface area contributed by atoms with Crippen molar-refractivity contribution in [3.63, 3.8) is 0 Å². The van der Waals surface area contributed by atoms with Gasteiger partial charge in [-0.25, -0.2) is 0 Å². The molecule has 0 atom stereocenters. The fourth-order valence-electron chi connectivity index (χ4n) is 0.925. The Bertz CT molecular complexity index is 83.1. The molecule has 0 amide bonds. The molecule has 0 spiro atoms. The van der Waals surface area contributed by atoms with Crippen molar-refractivity contribution in [1.29, 1.82) is 0 Å². The fraction of sp³-hybridized carbons (Fsp3) is 1.00. The second-order valence-electron chi connectivity index (χ2n) is 2.52. The summed E-state index contributed by atoms with van der Waals surface area (Å²) < 4.78 is 0. The highest BCUT2D eigenvalue weighted by Crippen LogP contribution is 2.00. The van der Waals surface area contributed by atoms with Crippen LogP contribution < -0.4 is 5.32 Å². The summed E-state index contributed by atoms with van der Waals surface area (Å²) in [6.45, 7) is 3.42. The molecule has 1 saturated heterocycles. The molecule has 3 heteroatoms. The van der Waals surface area contributed by atoms with Gasteiger partial charge in [0.15, 0.2) is 0 Å². The fourth-order valence-corrected chi connectivity index (χ4v) is 1.24. The topological polar surface area (TPSA) is 15.3 Å². The zero-order valence-corrected chi connectivity index (χ0v) is 6.69. The van der Waals surface area contributed by atoms with Crippen LogP contribution in [0.5, 0.6) is 0 Å². The molecule has 1 fully saturated rings. The molecule has 2 nitrogen and oxygen atoms in total. The number of nitrogens with one attached hydrogen (secondary N) is 1. The molecule has 0 bridgehead atoms. The summed E-state index contributed by atoms with van der Waals surface area (Å²) in [5.41, 5.74) is 0. The molecular weight excluding hydrogens is 132 g/mol. The molecule has 9 heavy (non-hydrogen) atoms. The maximum absolute atomic E-state index is 4.16. The first kappa shape index (κ1) is 7.38. The van der Waals surface area contributed by atoms with Crippen molar-refractivity contribution in [2.75, 3.05) is 32.4 Å². The molecule has 0 saturated carbocycles. The van der Waals surface area contributed by atoms with E-state index in [-0.39, 0.29) is 0 Å². The minimum absolute atomic E-state index is 0.775. The second-order valence-corrected chi connectivity index (χ2v) is 2.96. The number of hydrogen-bond donors (Lipinski definition) is 2. The molecule has 54 valence electrons. The van der Waals surface area contributed by atoms with Crippen LogP contribution in [0.1, 0.15) is 0 Å². The third-order valence-electron chi connectivity index (χ3n) is 1.84. The summed E-state index contributed by atoms with van der Waals surface area (Å²) in [6.07, 6.45) is 0. The van der Waals surface area contributed by atoms with Crippen LogP contribution in [0, 0.1) is 0 Å². The molecule has 0 aromatic carbocycles. The van der Waals surface area contributed by atoms with Gasteiger partial charge in [-0.05, 0) is 7.05 Å². The minimum atomic E-state index is 0.775. The zero-order valence-electron chi connectivity index (χ0n) is 5.80. The lowest BCUT2D eigenvalue weighted by molar-refractivity contribution is 0.190. The van der Waals surface area contributed by atoms with Crippen molar-refractivity contribution < 1.29 is 0 Å². The van der Waals surface area contributed by atoms with Gasteiger partial charge in [0, 0.05) is 31.4 Å². The van der Waals surface area contributed by atoms with Gasteiger partial charge >= 0.3 is 0 Å². The lowest BCUT2D eigenvalue weighted by atomic mass is 10.1. The van der Waals surface area contributed by atoms with E-state index in [0.29, 0.717) is 0 Å². The predicted molar refractivity (Wildman–Crippen MR) is 43.1 cm³/mol. The van der Waals surface area contributed by atoms with Crippen molar-refractivity contribution in [3.05, 3.63) is 0 Å². The maximum Gasteiger partial charge on any atom is 0.0342 e. The van der Waals surface area contributed by atoms with E-state index in [1.54, 1.807) is 0 Å². The SMILES string of the molecule is CN(CCS)C1CNC1. The van der Waals surface area contributed by atoms with Crippen LogP contribution >= 0.6 is 12.6 Å². The van der Waals surface area contributed by atoms with Crippen LogP contribution in [-0.2, 0) is 0 Å². The van der Waals surface area contributed by atoms with E-state index in [1.807, 2.05) is 0 Å². The van der Waals surface area contributed by atoms with Gasteiger partial charge in [0.2, 0.25) is 0 Å². The van der Waals surface area contributed by atoms with Gasteiger partial charge in [-0.1, -0.05) is 0 Å². The van der Waals surface area contributed by atoms with Gasteiger partial charge in [-0.3, -0.25) is 0 Å². The Balaban J connectivity index is 2.08. The van der Waals surface area contributed by atoms with Crippen LogP contribution in [0.4, 0.5) is 0 Å². The van der Waals surface area contributed by atoms with Crippen LogP contribution in [0.25, 0.3) is 0 Å². The third kappa shape index (κ3) is 1.85. The van der Waals surface area contributed by atoms with Crippen molar-refractivity contribution in [2.45, 2.75) is 6.04 Å². The Morgan fingerprint density at radius 1 is 1.67 bits per heavy atom. The van der Waals surface area contributed by atoms with Gasteiger partial charge in [0.25, 0.3) is 0 Å². The molecule has 0 aliphatic carbocycles. The van der Waals surface area contributed by atoms with E-state index in [9.17, 15) is 0 Å². The Morgan fingerprint density at radius 3 is 2.67 bits per heavy atom. The highest BCUT2D eigenvalue weighted by Gasteiger charge is 2.19. The van der Waals surface area contributed by atoms with Crippen molar-refractivity contribution in [2.24, 2.45) is 0 Å². The number of thiol groups is 1. The monoisotopic (exact) mass is 146 g/mol. The van der Waals surface area contributed by atoms with Crippen LogP contribution in [-0.4, -0.2) is 43.4 Å². The molecule has 1 aliphatic rings. The molecule has 0 aromatic rings. The Hall–Kier alpha value is 0.270. The average molecular weight is 146 g/mol. The number of likely N-dealkylation sites (N-methyl/N-ethyl adjacent to an activating group) is 1. The van der Waals surface area contributed by atoms with Gasteiger partial charge in [-0.15, -0.1) is 0 Å². The lowest BCUT2D eigenvalue weighted by Crippen LogP contribution is -2.56. The summed E-state index contributed by atoms with van der Waals surface area (Å²) in [6, 6.07) is 0.775. The minimum Gasteiger partial charge on any atom is -0.314 e. The van der Waals surface area contributed by atoms with Gasteiger partial charge < -0.3 is 10.2 Å². The number of nitrogens with zero attached hydrogens (tertiary/aromatic N) is 1. The number of hydrogen-bond acceptors (Lipinski definition) is 3. The first-order valence-electron chi connectivity index (χ1n) is 3.36. The molecule has 1 N–H and O–H groups in total. The van der Waals surface area contributed by atoms with Crippen LogP contribution in [0.3, 0.4) is 0 Å². The van der Waals surface area contributed by atoms with Crippen molar-refractivity contribution >= 4 is 12.6 Å². The highest BCUT2D eigenvalue weighted by atomic mass is 32.1. The molecule has 0 aromatic heterocycles. The van der Waals surface area contributed by atoms with Crippen LogP contribution in [0.15, 0.2) is 0 Å². The standard InChI is InChI=1S/C6H14N2S/c1-8(2-3-9)6-4-7-5-6/h6-7,9H,2-5H2,1H3. The third-order valence-corrected chi connectivity index (χ3v) is 2.04. The highest BCUT2D eigenvalue weighted by molar-refractivity contribution is 7.80. The summed E-state index contributed by atoms with van der Waals surface area (Å²) in [4.78, 5) is 2.35. The Labute approximate surface area is 62.0 Å². The van der Waals surface area contributed by atoms with Crippen LogP contribution in [0.2, 0.25) is 0 Å². The summed E-state index contributed by atoms with van der Waals surface area (Å²) in [7, 11) is 2.15. The summed E-state index contributed by atoms with van der Waals surface area (Å²) in [5, 5.41) is 3.23. The van der Waals surface area contributed by atoms with E-state index in [2.05, 4.69) is 29.9 Å². The van der Waals surface area contributed by atoms with Gasteiger partial charge in [0.05, 0.1) is 0 Å². The smallest absolute Gasteiger partial charge is 0.0342 e. The molecule has 1 rings (SSSR count). The summed E-state index contributed by atoms with van der Waals surface area (Å²) in [5.74, 6) is 0.965. The first-order valence-corrected chi connectivity index (χ1v) is 3.99. The summed E-state index contributed by atoms with van der Waals surface area (Å²) >= 11 is 4.16. The largest absolute Gasteiger partial charge is 0.314 e. The van der Waals surface area contributed by atoms with Crippen molar-refractivity contribution in [1.82, 2.24) is 10.2 Å². The van der Waals surface area contributed by atoms with E-state index in [4.69, 9.17) is 0 Å². The molecule has 0 radical (unpaired) electrons. The molecular formula is C6H14N2S. The Morgan fingerprint density at radius 2 is 2.33 bits per heavy atom.